The second-order valence-corrected chi connectivity index (χ2v) is 4.73. The van der Waals surface area contributed by atoms with Crippen molar-refractivity contribution in [3.05, 3.63) is 29.6 Å². The molecule has 102 valence electrons. The largest absolute Gasteiger partial charge is 0.409 e. The molecule has 1 atom stereocenters. The Kier molecular flexibility index (Phi) is 3.66. The fourth-order valence-corrected chi connectivity index (χ4v) is 1.84. The molecule has 1 amide bonds. The minimum atomic E-state index is -0.344. The number of hydrogen-bond donors (Lipinski definition) is 3. The van der Waals surface area contributed by atoms with Crippen LogP contribution < -0.4 is 11.1 Å². The van der Waals surface area contributed by atoms with Gasteiger partial charge in [-0.05, 0) is 25.5 Å². The van der Waals surface area contributed by atoms with E-state index in [1.54, 1.807) is 6.07 Å². The normalized spacial score (nSPS) is 23.3. The van der Waals surface area contributed by atoms with Gasteiger partial charge in [0.1, 0.15) is 5.69 Å². The first-order chi connectivity index (χ1) is 9.04. The molecule has 2 heterocycles. The fraction of sp³-hybridized carbons (Fsp3) is 0.417. The van der Waals surface area contributed by atoms with Gasteiger partial charge in [0.25, 0.3) is 5.91 Å². The summed E-state index contributed by atoms with van der Waals surface area (Å²) in [5.41, 5.74) is 5.81. The van der Waals surface area contributed by atoms with E-state index in [1.807, 2.05) is 6.92 Å². The Balaban J connectivity index is 2.07. The van der Waals surface area contributed by atoms with Crippen LogP contribution in [0.4, 0.5) is 0 Å². The summed E-state index contributed by atoms with van der Waals surface area (Å²) in [4.78, 5) is 16.0. The SMILES string of the molecule is CC1(NC(=O)c2ccc(/C(N)=N/O)cn2)CCOC1. The topological polar surface area (TPSA) is 110 Å². The molecule has 7 nitrogen and oxygen atoms in total. The summed E-state index contributed by atoms with van der Waals surface area (Å²) < 4.78 is 5.27. The second kappa shape index (κ2) is 5.23. The van der Waals surface area contributed by atoms with Crippen LogP contribution in [0.25, 0.3) is 0 Å². The monoisotopic (exact) mass is 264 g/mol. The van der Waals surface area contributed by atoms with E-state index < -0.39 is 0 Å². The van der Waals surface area contributed by atoms with E-state index in [0.717, 1.165) is 6.42 Å². The molecular weight excluding hydrogens is 248 g/mol. The molecular formula is C12H16N4O3. The minimum Gasteiger partial charge on any atom is -0.409 e. The first-order valence-corrected chi connectivity index (χ1v) is 5.88. The summed E-state index contributed by atoms with van der Waals surface area (Å²) >= 11 is 0. The van der Waals surface area contributed by atoms with Crippen molar-refractivity contribution in [1.82, 2.24) is 10.3 Å². The number of nitrogens with one attached hydrogen (secondary N) is 1. The fourth-order valence-electron chi connectivity index (χ4n) is 1.84. The van der Waals surface area contributed by atoms with Gasteiger partial charge in [-0.15, -0.1) is 0 Å². The van der Waals surface area contributed by atoms with E-state index in [0.29, 0.717) is 18.8 Å². The van der Waals surface area contributed by atoms with Gasteiger partial charge in [-0.2, -0.15) is 0 Å². The van der Waals surface area contributed by atoms with Crippen molar-refractivity contribution < 1.29 is 14.7 Å². The number of aromatic nitrogens is 1. The van der Waals surface area contributed by atoms with E-state index in [2.05, 4.69) is 15.5 Å². The molecule has 0 aromatic carbocycles. The maximum atomic E-state index is 12.0. The molecule has 1 aromatic heterocycles. The average molecular weight is 264 g/mol. The van der Waals surface area contributed by atoms with Gasteiger partial charge in [0.2, 0.25) is 0 Å². The van der Waals surface area contributed by atoms with Gasteiger partial charge in [0, 0.05) is 18.4 Å². The van der Waals surface area contributed by atoms with Crippen molar-refractivity contribution in [3.63, 3.8) is 0 Å². The van der Waals surface area contributed by atoms with Crippen molar-refractivity contribution in [2.24, 2.45) is 10.9 Å². The lowest BCUT2D eigenvalue weighted by molar-refractivity contribution is 0.0885. The van der Waals surface area contributed by atoms with Crippen LogP contribution in [0, 0.1) is 0 Å². The van der Waals surface area contributed by atoms with Gasteiger partial charge in [0.05, 0.1) is 12.1 Å². The standard InChI is InChI=1S/C12H16N4O3/c1-12(4-5-19-7-12)15-11(17)9-3-2-8(6-14-9)10(13)16-18/h2-3,6,18H,4-5,7H2,1H3,(H2,13,16)(H,15,17). The van der Waals surface area contributed by atoms with E-state index in [1.165, 1.54) is 12.3 Å². The number of ether oxygens (including phenoxy) is 1. The maximum Gasteiger partial charge on any atom is 0.270 e. The quantitative estimate of drug-likeness (QED) is 0.310. The number of amides is 1. The second-order valence-electron chi connectivity index (χ2n) is 4.73. The molecule has 0 spiro atoms. The molecule has 1 saturated heterocycles. The smallest absolute Gasteiger partial charge is 0.270 e. The summed E-state index contributed by atoms with van der Waals surface area (Å²) in [6.45, 7) is 3.08. The van der Waals surface area contributed by atoms with E-state index >= 15 is 0 Å². The molecule has 1 aliphatic heterocycles. The van der Waals surface area contributed by atoms with Crippen LogP contribution in [0.2, 0.25) is 0 Å². The zero-order valence-corrected chi connectivity index (χ0v) is 10.6. The van der Waals surface area contributed by atoms with Gasteiger partial charge in [-0.25, -0.2) is 0 Å². The van der Waals surface area contributed by atoms with E-state index in [9.17, 15) is 4.79 Å². The molecule has 1 fully saturated rings. The molecule has 2 rings (SSSR count). The van der Waals surface area contributed by atoms with Crippen LogP contribution in [-0.4, -0.2) is 40.7 Å². The summed E-state index contributed by atoms with van der Waals surface area (Å²) in [6.07, 6.45) is 2.17. The van der Waals surface area contributed by atoms with Crippen LogP contribution in [-0.2, 0) is 4.74 Å². The molecule has 0 bridgehead atoms. The van der Waals surface area contributed by atoms with Crippen LogP contribution >= 0.6 is 0 Å². The molecule has 0 aliphatic carbocycles. The predicted molar refractivity (Wildman–Crippen MR) is 68.1 cm³/mol. The van der Waals surface area contributed by atoms with Gasteiger partial charge >= 0.3 is 0 Å². The molecule has 0 radical (unpaired) electrons. The highest BCUT2D eigenvalue weighted by atomic mass is 16.5. The highest BCUT2D eigenvalue weighted by Gasteiger charge is 2.31. The molecule has 4 N–H and O–H groups in total. The van der Waals surface area contributed by atoms with E-state index in [4.69, 9.17) is 15.7 Å². The average Bonchev–Trinajstić information content (AvgIpc) is 2.84. The Morgan fingerprint density at radius 2 is 2.42 bits per heavy atom. The molecule has 0 saturated carbocycles. The van der Waals surface area contributed by atoms with E-state index in [-0.39, 0.29) is 23.0 Å². The van der Waals surface area contributed by atoms with Gasteiger partial charge < -0.3 is 21.0 Å². The Morgan fingerprint density at radius 3 is 2.95 bits per heavy atom. The molecule has 7 heteroatoms. The maximum absolute atomic E-state index is 12.0. The van der Waals surface area contributed by atoms with Crippen LogP contribution in [0.1, 0.15) is 29.4 Å². The van der Waals surface area contributed by atoms with Crippen LogP contribution in [0.15, 0.2) is 23.5 Å². The lowest BCUT2D eigenvalue weighted by Gasteiger charge is -2.23. The van der Waals surface area contributed by atoms with Crippen molar-refractivity contribution in [2.45, 2.75) is 18.9 Å². The number of amidine groups is 1. The van der Waals surface area contributed by atoms with Crippen molar-refractivity contribution in [3.8, 4) is 0 Å². The third kappa shape index (κ3) is 3.00. The van der Waals surface area contributed by atoms with Gasteiger partial charge in [-0.3, -0.25) is 9.78 Å². The van der Waals surface area contributed by atoms with Crippen LogP contribution in [0.3, 0.4) is 0 Å². The number of oxime groups is 1. The first kappa shape index (κ1) is 13.3. The van der Waals surface area contributed by atoms with Crippen molar-refractivity contribution in [1.29, 1.82) is 0 Å². The number of pyridine rings is 1. The lowest BCUT2D eigenvalue weighted by Crippen LogP contribution is -2.46. The summed E-state index contributed by atoms with van der Waals surface area (Å²) in [5, 5.41) is 14.3. The lowest BCUT2D eigenvalue weighted by atomic mass is 10.0. The van der Waals surface area contributed by atoms with Gasteiger partial charge in [0.15, 0.2) is 5.84 Å². The Bertz CT molecular complexity index is 492. The molecule has 19 heavy (non-hydrogen) atoms. The highest BCUT2D eigenvalue weighted by Crippen LogP contribution is 2.17. The highest BCUT2D eigenvalue weighted by molar-refractivity contribution is 5.98. The van der Waals surface area contributed by atoms with Crippen molar-refractivity contribution in [2.75, 3.05) is 13.2 Å². The number of rotatable bonds is 3. The third-order valence-corrected chi connectivity index (χ3v) is 3.03. The van der Waals surface area contributed by atoms with Crippen LogP contribution in [0.5, 0.6) is 0 Å². The number of hydrogen-bond acceptors (Lipinski definition) is 5. The zero-order valence-electron chi connectivity index (χ0n) is 10.6. The number of carbonyl (C=O) groups excluding carboxylic acids is 1. The minimum absolute atomic E-state index is 0.0457. The number of carbonyl (C=O) groups is 1. The summed E-state index contributed by atoms with van der Waals surface area (Å²) in [7, 11) is 0. The third-order valence-electron chi connectivity index (χ3n) is 3.03. The Morgan fingerprint density at radius 1 is 1.63 bits per heavy atom. The number of nitrogens with two attached hydrogens (primary N) is 1. The summed E-state index contributed by atoms with van der Waals surface area (Å²) in [5.74, 6) is -0.310. The van der Waals surface area contributed by atoms with Crippen molar-refractivity contribution >= 4 is 11.7 Å². The Hall–Kier alpha value is -2.15. The predicted octanol–water partition coefficient (Wildman–Crippen LogP) is 0.0849. The molecule has 1 unspecified atom stereocenters. The first-order valence-electron chi connectivity index (χ1n) is 5.88. The molecule has 1 aromatic rings. The molecule has 1 aliphatic rings. The Labute approximate surface area is 110 Å². The van der Waals surface area contributed by atoms with Gasteiger partial charge in [-0.1, -0.05) is 5.16 Å². The zero-order chi connectivity index (χ0) is 13.9. The number of nitrogens with zero attached hydrogens (tertiary/aromatic N) is 2. The summed E-state index contributed by atoms with van der Waals surface area (Å²) in [6, 6.07) is 3.10.